The highest BCUT2D eigenvalue weighted by Gasteiger charge is 2.20. The summed E-state index contributed by atoms with van der Waals surface area (Å²) in [6, 6.07) is 53.7. The largest absolute Gasteiger partial charge is 0.452 e. The molecule has 0 atom stereocenters. The number of thiophene rings is 1. The summed E-state index contributed by atoms with van der Waals surface area (Å²) in [6.07, 6.45) is 0. The van der Waals surface area contributed by atoms with Crippen molar-refractivity contribution in [2.45, 2.75) is 0 Å². The lowest BCUT2D eigenvalue weighted by atomic mass is 10.1. The summed E-state index contributed by atoms with van der Waals surface area (Å²) in [5.41, 5.74) is 8.74. The van der Waals surface area contributed by atoms with Gasteiger partial charge in [0, 0.05) is 47.5 Å². The third-order valence-electron chi connectivity index (χ3n) is 9.78. The predicted octanol–water partition coefficient (Wildman–Crippen LogP) is 12.3. The lowest BCUT2D eigenvalue weighted by Gasteiger charge is -2.11. The summed E-state index contributed by atoms with van der Waals surface area (Å²) in [6.45, 7) is 0. The van der Waals surface area contributed by atoms with Gasteiger partial charge in [0.05, 0.1) is 16.7 Å². The molecule has 11 aromatic rings. The quantitative estimate of drug-likeness (QED) is 0.192. The summed E-state index contributed by atoms with van der Waals surface area (Å²) >= 11 is 1.82. The van der Waals surface area contributed by atoms with E-state index >= 15 is 0 Å². The van der Waals surface area contributed by atoms with Crippen molar-refractivity contribution in [1.29, 1.82) is 0 Å². The van der Waals surface area contributed by atoms with Crippen LogP contribution in [0.4, 0.5) is 0 Å². The first-order valence-electron chi connectivity index (χ1n) is 16.4. The van der Waals surface area contributed by atoms with Crippen LogP contribution >= 0.6 is 11.3 Å². The molecule has 0 bridgehead atoms. The molecule has 0 N–H and O–H groups in total. The molecule has 4 aromatic heterocycles. The number of rotatable bonds is 3. The van der Waals surface area contributed by atoms with Gasteiger partial charge in [-0.2, -0.15) is 0 Å². The van der Waals surface area contributed by atoms with Gasteiger partial charge in [-0.3, -0.25) is 0 Å². The summed E-state index contributed by atoms with van der Waals surface area (Å²) in [5.74, 6) is 0.687. The van der Waals surface area contributed by atoms with E-state index in [1.165, 1.54) is 58.4 Å². The minimum absolute atomic E-state index is 0.687. The lowest BCUT2D eigenvalue weighted by Crippen LogP contribution is -1.95. The molecule has 7 aromatic carbocycles. The molecule has 11 rings (SSSR count). The zero-order chi connectivity index (χ0) is 32.1. The van der Waals surface area contributed by atoms with Gasteiger partial charge in [-0.05, 0) is 59.3 Å². The molecule has 4 heterocycles. The van der Waals surface area contributed by atoms with Crippen LogP contribution in [0.5, 0.6) is 0 Å². The van der Waals surface area contributed by atoms with Gasteiger partial charge in [-0.15, -0.1) is 11.3 Å². The highest BCUT2D eigenvalue weighted by Crippen LogP contribution is 2.43. The molecule has 0 amide bonds. The van der Waals surface area contributed by atoms with Crippen LogP contribution in [0.1, 0.15) is 0 Å². The Hall–Kier alpha value is -6.30. The number of benzene rings is 7. The Labute approximate surface area is 284 Å². The Bertz CT molecular complexity index is 3110. The van der Waals surface area contributed by atoms with E-state index in [0.717, 1.165) is 33.3 Å². The number of nitrogens with zero attached hydrogens (tertiary/aromatic N) is 3. The molecule has 0 radical (unpaired) electrons. The summed E-state index contributed by atoms with van der Waals surface area (Å²) in [7, 11) is 0. The van der Waals surface area contributed by atoms with Crippen LogP contribution in [0.15, 0.2) is 156 Å². The van der Waals surface area contributed by atoms with Crippen molar-refractivity contribution in [1.82, 2.24) is 14.5 Å². The molecule has 5 heteroatoms. The smallest absolute Gasteiger partial charge is 0.180 e. The molecule has 4 nitrogen and oxygen atoms in total. The average Bonchev–Trinajstić information content (AvgIpc) is 3.83. The van der Waals surface area contributed by atoms with E-state index in [9.17, 15) is 0 Å². The van der Waals surface area contributed by atoms with E-state index in [0.29, 0.717) is 11.4 Å². The lowest BCUT2D eigenvalue weighted by molar-refractivity contribution is 0.667. The Kier molecular flexibility index (Phi) is 5.51. The topological polar surface area (TPSA) is 43.9 Å². The molecular formula is C44H25N3OS. The van der Waals surface area contributed by atoms with E-state index in [2.05, 4.69) is 120 Å². The predicted molar refractivity (Wildman–Crippen MR) is 205 cm³/mol. The van der Waals surface area contributed by atoms with Gasteiger partial charge in [0.2, 0.25) is 0 Å². The maximum absolute atomic E-state index is 6.35. The van der Waals surface area contributed by atoms with Crippen molar-refractivity contribution in [3.8, 4) is 28.3 Å². The van der Waals surface area contributed by atoms with E-state index < -0.39 is 0 Å². The van der Waals surface area contributed by atoms with Crippen LogP contribution in [-0.4, -0.2) is 14.5 Å². The first-order valence-corrected chi connectivity index (χ1v) is 17.2. The Morgan fingerprint density at radius 1 is 0.510 bits per heavy atom. The first kappa shape index (κ1) is 26.7. The fourth-order valence-corrected chi connectivity index (χ4v) is 8.72. The van der Waals surface area contributed by atoms with Gasteiger partial charge in [0.15, 0.2) is 11.4 Å². The molecule has 0 aliphatic carbocycles. The minimum atomic E-state index is 0.687. The maximum Gasteiger partial charge on any atom is 0.180 e. The third-order valence-corrected chi connectivity index (χ3v) is 10.9. The minimum Gasteiger partial charge on any atom is -0.452 e. The zero-order valence-electron chi connectivity index (χ0n) is 26.1. The zero-order valence-corrected chi connectivity index (χ0v) is 26.9. The van der Waals surface area contributed by atoms with Gasteiger partial charge >= 0.3 is 0 Å². The Balaban J connectivity index is 1.15. The monoisotopic (exact) mass is 643 g/mol. The van der Waals surface area contributed by atoms with Crippen molar-refractivity contribution in [3.05, 3.63) is 152 Å². The van der Waals surface area contributed by atoms with Crippen molar-refractivity contribution in [2.24, 2.45) is 0 Å². The van der Waals surface area contributed by atoms with E-state index in [-0.39, 0.29) is 0 Å². The maximum atomic E-state index is 6.35. The molecule has 49 heavy (non-hydrogen) atoms. The summed E-state index contributed by atoms with van der Waals surface area (Å²) < 4.78 is 11.2. The Morgan fingerprint density at radius 2 is 1.29 bits per heavy atom. The standard InChI is InChI=1S/C44H25N3OS/c1-2-11-26(12-3-1)41-43-42(31-16-7-9-19-37(31)48-43)46-44(45-41)29-21-22-32-39(25-29)49-38-20-10-18-35(40(32)38)47-34-17-8-6-15-30(34)33-23-27-13-4-5-14-28(27)24-36(33)47/h1-25H. The first-order chi connectivity index (χ1) is 24.3. The van der Waals surface area contributed by atoms with Gasteiger partial charge < -0.3 is 8.98 Å². The third kappa shape index (κ3) is 3.91. The second kappa shape index (κ2) is 10.1. The normalized spacial score (nSPS) is 12.1. The number of para-hydroxylation sites is 2. The van der Waals surface area contributed by atoms with Gasteiger partial charge in [0.1, 0.15) is 16.8 Å². The van der Waals surface area contributed by atoms with Gasteiger partial charge in [-0.25, -0.2) is 9.97 Å². The number of fused-ring (bicyclic) bond motifs is 10. The van der Waals surface area contributed by atoms with Gasteiger partial charge in [0.25, 0.3) is 0 Å². The fraction of sp³-hybridized carbons (Fsp3) is 0. The molecule has 0 saturated heterocycles. The number of aromatic nitrogens is 3. The SMILES string of the molecule is c1ccc(-c2nc(-c3ccc4c(c3)sc3cccc(-n5c6ccccc6c6cc7ccccc7cc65)c34)nc3c2oc2ccccc23)cc1. The van der Waals surface area contributed by atoms with E-state index in [1.54, 1.807) is 0 Å². The average molecular weight is 644 g/mol. The van der Waals surface area contributed by atoms with Crippen LogP contribution in [-0.2, 0) is 0 Å². The second-order valence-corrected chi connectivity index (χ2v) is 13.7. The van der Waals surface area contributed by atoms with Crippen LogP contribution < -0.4 is 0 Å². The fourth-order valence-electron chi connectivity index (χ4n) is 7.56. The van der Waals surface area contributed by atoms with Crippen LogP contribution in [0.25, 0.3) is 103 Å². The molecule has 228 valence electrons. The summed E-state index contributed by atoms with van der Waals surface area (Å²) in [4.78, 5) is 10.3. The number of hydrogen-bond acceptors (Lipinski definition) is 4. The van der Waals surface area contributed by atoms with Crippen molar-refractivity contribution in [2.75, 3.05) is 0 Å². The van der Waals surface area contributed by atoms with Crippen LogP contribution in [0, 0.1) is 0 Å². The molecule has 0 fully saturated rings. The molecule has 0 unspecified atom stereocenters. The van der Waals surface area contributed by atoms with Crippen molar-refractivity contribution >= 4 is 86.2 Å². The van der Waals surface area contributed by atoms with Gasteiger partial charge in [-0.1, -0.05) is 103 Å². The second-order valence-electron chi connectivity index (χ2n) is 12.6. The van der Waals surface area contributed by atoms with Crippen LogP contribution in [0.3, 0.4) is 0 Å². The molecule has 0 spiro atoms. The summed E-state index contributed by atoms with van der Waals surface area (Å²) in [5, 5.41) is 8.49. The highest BCUT2D eigenvalue weighted by molar-refractivity contribution is 7.26. The Morgan fingerprint density at radius 3 is 2.18 bits per heavy atom. The molecular weight excluding hydrogens is 619 g/mol. The molecule has 0 saturated carbocycles. The van der Waals surface area contributed by atoms with E-state index in [4.69, 9.17) is 14.4 Å². The van der Waals surface area contributed by atoms with Crippen molar-refractivity contribution < 1.29 is 4.42 Å². The van der Waals surface area contributed by atoms with Crippen LogP contribution in [0.2, 0.25) is 0 Å². The number of furan rings is 1. The molecule has 0 aliphatic rings. The molecule has 0 aliphatic heterocycles. The van der Waals surface area contributed by atoms with Crippen molar-refractivity contribution in [3.63, 3.8) is 0 Å². The number of hydrogen-bond donors (Lipinski definition) is 0. The highest BCUT2D eigenvalue weighted by atomic mass is 32.1. The van der Waals surface area contributed by atoms with E-state index in [1.807, 2.05) is 47.7 Å².